The van der Waals surface area contributed by atoms with E-state index in [0.717, 1.165) is 12.8 Å². The summed E-state index contributed by atoms with van der Waals surface area (Å²) >= 11 is 0. The van der Waals surface area contributed by atoms with Gasteiger partial charge in [-0.1, -0.05) is 19.4 Å². The maximum atomic E-state index is 10.3. The third-order valence-corrected chi connectivity index (χ3v) is 6.67. The maximum Gasteiger partial charge on any atom is 0.195 e. The van der Waals surface area contributed by atoms with Crippen molar-refractivity contribution in [1.29, 1.82) is 0 Å². The molecule has 2 heterocycles. The molecule has 2 aliphatic carbocycles. The van der Waals surface area contributed by atoms with Crippen LogP contribution >= 0.6 is 0 Å². The van der Waals surface area contributed by atoms with Crippen molar-refractivity contribution in [3.05, 3.63) is 11.6 Å². The van der Waals surface area contributed by atoms with Gasteiger partial charge in [0.05, 0.1) is 12.7 Å². The molecule has 3 fully saturated rings. The highest BCUT2D eigenvalue weighted by Crippen LogP contribution is 2.77. The Morgan fingerprint density at radius 1 is 1.37 bits per heavy atom. The lowest BCUT2D eigenvalue weighted by Crippen LogP contribution is -2.60. The lowest BCUT2D eigenvalue weighted by molar-refractivity contribution is -0.204. The fourth-order valence-electron chi connectivity index (χ4n) is 5.28. The van der Waals surface area contributed by atoms with Gasteiger partial charge in [0, 0.05) is 10.8 Å². The third kappa shape index (κ3) is 0.963. The van der Waals surface area contributed by atoms with Crippen LogP contribution in [0.2, 0.25) is 0 Å². The van der Waals surface area contributed by atoms with Crippen LogP contribution in [0.3, 0.4) is 0 Å². The van der Waals surface area contributed by atoms with Crippen molar-refractivity contribution in [2.75, 3.05) is 6.61 Å². The van der Waals surface area contributed by atoms with Gasteiger partial charge in [-0.2, -0.15) is 0 Å². The zero-order valence-electron chi connectivity index (χ0n) is 11.8. The summed E-state index contributed by atoms with van der Waals surface area (Å²) in [4.78, 5) is 0. The Bertz CT molecular complexity index is 489. The standard InChI is InChI=1S/C15H22O4/c1-9-4-5-12(2)13(3)7-10(17)11-14(13,8-16)19-15(12,6-9)18-11/h6,10-11,16-17H,4-5,7-8H2,1-3H3/t10?,11?,12?,13-,14?,15?/m0/s1. The molecule has 4 aliphatic rings. The van der Waals surface area contributed by atoms with Crippen LogP contribution in [0.1, 0.15) is 40.0 Å². The second kappa shape index (κ2) is 3.08. The predicted molar refractivity (Wildman–Crippen MR) is 68.3 cm³/mol. The number of aliphatic hydroxyl groups excluding tert-OH is 2. The van der Waals surface area contributed by atoms with Gasteiger partial charge in [-0.05, 0) is 32.3 Å². The third-order valence-electron chi connectivity index (χ3n) is 6.67. The first kappa shape index (κ1) is 12.3. The molecule has 5 unspecified atom stereocenters. The fourth-order valence-corrected chi connectivity index (χ4v) is 5.28. The van der Waals surface area contributed by atoms with E-state index in [2.05, 4.69) is 26.8 Å². The lowest BCUT2D eigenvalue weighted by atomic mass is 9.53. The molecule has 4 nitrogen and oxygen atoms in total. The second-order valence-electron chi connectivity index (χ2n) is 7.28. The topological polar surface area (TPSA) is 58.9 Å². The summed E-state index contributed by atoms with van der Waals surface area (Å²) in [7, 11) is 0. The van der Waals surface area contributed by atoms with Gasteiger partial charge in [0.2, 0.25) is 0 Å². The summed E-state index contributed by atoms with van der Waals surface area (Å²) in [5.74, 6) is -0.755. The summed E-state index contributed by atoms with van der Waals surface area (Å²) in [6.07, 6.45) is 3.79. The van der Waals surface area contributed by atoms with Crippen LogP contribution < -0.4 is 0 Å². The van der Waals surface area contributed by atoms with Crippen LogP contribution in [0.4, 0.5) is 0 Å². The Morgan fingerprint density at radius 2 is 2.11 bits per heavy atom. The van der Waals surface area contributed by atoms with E-state index in [-0.39, 0.29) is 17.4 Å². The number of hydrogen-bond donors (Lipinski definition) is 2. The molecule has 0 radical (unpaired) electrons. The van der Waals surface area contributed by atoms with Crippen molar-refractivity contribution in [2.24, 2.45) is 10.8 Å². The number of aliphatic hydroxyl groups is 2. The van der Waals surface area contributed by atoms with Crippen molar-refractivity contribution in [2.45, 2.75) is 63.6 Å². The fraction of sp³-hybridized carbons (Fsp3) is 0.867. The van der Waals surface area contributed by atoms with Gasteiger partial charge >= 0.3 is 0 Å². The molecule has 2 N–H and O–H groups in total. The zero-order chi connectivity index (χ0) is 13.7. The van der Waals surface area contributed by atoms with Gasteiger partial charge in [0.1, 0.15) is 11.7 Å². The monoisotopic (exact) mass is 266 g/mol. The molecule has 19 heavy (non-hydrogen) atoms. The van der Waals surface area contributed by atoms with Gasteiger partial charge in [-0.25, -0.2) is 0 Å². The summed E-state index contributed by atoms with van der Waals surface area (Å²) in [5.41, 5.74) is 0.0953. The molecule has 1 spiro atoms. The minimum atomic E-state index is -0.755. The molecule has 4 heteroatoms. The van der Waals surface area contributed by atoms with Gasteiger partial charge in [-0.3, -0.25) is 0 Å². The van der Waals surface area contributed by atoms with E-state index < -0.39 is 23.6 Å². The average molecular weight is 266 g/mol. The highest BCUT2D eigenvalue weighted by Gasteiger charge is 2.86. The number of ether oxygens (including phenoxy) is 2. The van der Waals surface area contributed by atoms with Crippen molar-refractivity contribution >= 4 is 0 Å². The first-order valence-corrected chi connectivity index (χ1v) is 7.19. The molecular formula is C15H22O4. The van der Waals surface area contributed by atoms with Crippen LogP contribution in [0.5, 0.6) is 0 Å². The number of rotatable bonds is 1. The number of hydrogen-bond acceptors (Lipinski definition) is 4. The van der Waals surface area contributed by atoms with Gasteiger partial charge < -0.3 is 19.7 Å². The molecule has 2 aliphatic heterocycles. The largest absolute Gasteiger partial charge is 0.393 e. The van der Waals surface area contributed by atoms with Crippen molar-refractivity contribution in [3.63, 3.8) is 0 Å². The van der Waals surface area contributed by atoms with E-state index in [1.54, 1.807) is 0 Å². The Labute approximate surface area is 113 Å². The zero-order valence-corrected chi connectivity index (χ0v) is 11.8. The van der Waals surface area contributed by atoms with E-state index in [9.17, 15) is 10.2 Å². The van der Waals surface area contributed by atoms with E-state index in [1.807, 2.05) is 0 Å². The predicted octanol–water partition coefficient (Wildman–Crippen LogP) is 1.36. The van der Waals surface area contributed by atoms with Crippen LogP contribution in [0, 0.1) is 10.8 Å². The average Bonchev–Trinajstić information content (AvgIpc) is 2.83. The first-order valence-electron chi connectivity index (χ1n) is 7.19. The second-order valence-corrected chi connectivity index (χ2v) is 7.28. The van der Waals surface area contributed by atoms with Crippen molar-refractivity contribution in [1.82, 2.24) is 0 Å². The van der Waals surface area contributed by atoms with Crippen molar-refractivity contribution in [3.8, 4) is 0 Å². The van der Waals surface area contributed by atoms with Crippen LogP contribution in [-0.4, -0.2) is 40.4 Å². The summed E-state index contributed by atoms with van der Waals surface area (Å²) in [5, 5.41) is 20.3. The van der Waals surface area contributed by atoms with Gasteiger partial charge in [0.25, 0.3) is 0 Å². The van der Waals surface area contributed by atoms with E-state index in [1.165, 1.54) is 5.57 Å². The highest BCUT2D eigenvalue weighted by atomic mass is 16.8. The van der Waals surface area contributed by atoms with Crippen LogP contribution in [-0.2, 0) is 9.47 Å². The molecule has 6 atom stereocenters. The van der Waals surface area contributed by atoms with Crippen molar-refractivity contribution < 1.29 is 19.7 Å². The maximum absolute atomic E-state index is 10.3. The Hall–Kier alpha value is -0.420. The molecule has 106 valence electrons. The minimum Gasteiger partial charge on any atom is -0.393 e. The molecule has 0 aromatic carbocycles. The minimum absolute atomic E-state index is 0.0878. The molecule has 0 amide bonds. The molecule has 0 aromatic rings. The Kier molecular flexibility index (Phi) is 2.00. The van der Waals surface area contributed by atoms with E-state index in [4.69, 9.17) is 9.47 Å². The van der Waals surface area contributed by atoms with Crippen LogP contribution in [0.15, 0.2) is 11.6 Å². The Morgan fingerprint density at radius 3 is 2.79 bits per heavy atom. The SMILES string of the molecule is CC1=CC23OC4C(O)C[C@](C)(C4(CO)O2)C3(C)CC1. The van der Waals surface area contributed by atoms with Gasteiger partial charge in [0.15, 0.2) is 5.79 Å². The smallest absolute Gasteiger partial charge is 0.195 e. The number of allylic oxidation sites excluding steroid dienone is 1. The normalized spacial score (nSPS) is 62.3. The summed E-state index contributed by atoms with van der Waals surface area (Å²) < 4.78 is 12.5. The molecular weight excluding hydrogens is 244 g/mol. The molecule has 2 saturated heterocycles. The molecule has 1 saturated carbocycles. The lowest BCUT2D eigenvalue weighted by Gasteiger charge is -2.52. The van der Waals surface area contributed by atoms with Crippen LogP contribution in [0.25, 0.3) is 0 Å². The molecule has 0 aromatic heterocycles. The van der Waals surface area contributed by atoms with E-state index in [0.29, 0.717) is 6.42 Å². The van der Waals surface area contributed by atoms with Gasteiger partial charge in [-0.15, -0.1) is 0 Å². The quantitative estimate of drug-likeness (QED) is 0.704. The summed E-state index contributed by atoms with van der Waals surface area (Å²) in [6, 6.07) is 0. The highest BCUT2D eigenvalue weighted by molar-refractivity contribution is 5.36. The first-order chi connectivity index (χ1) is 8.84. The van der Waals surface area contributed by atoms with E-state index >= 15 is 0 Å². The summed E-state index contributed by atoms with van der Waals surface area (Å²) in [6.45, 7) is 6.36. The number of fused-ring (bicyclic) bond motifs is 1. The molecule has 4 rings (SSSR count). The molecule has 2 bridgehead atoms. The Balaban J connectivity index is 1.98.